The maximum absolute atomic E-state index is 9.34. The second-order valence-electron chi connectivity index (χ2n) is 6.24. The van der Waals surface area contributed by atoms with Crippen LogP contribution in [0.15, 0.2) is 22.7 Å². The Hall–Kier alpha value is -0.580. The van der Waals surface area contributed by atoms with Gasteiger partial charge in [0.1, 0.15) is 11.9 Å². The molecule has 1 spiro atoms. The van der Waals surface area contributed by atoms with E-state index in [0.717, 1.165) is 35.2 Å². The first kappa shape index (κ1) is 15.3. The van der Waals surface area contributed by atoms with Crippen LogP contribution in [0.3, 0.4) is 0 Å². The maximum atomic E-state index is 9.34. The third-order valence-electron chi connectivity index (χ3n) is 4.70. The van der Waals surface area contributed by atoms with Crippen molar-refractivity contribution >= 4 is 15.9 Å². The summed E-state index contributed by atoms with van der Waals surface area (Å²) >= 11 is 3.44. The SMILES string of the molecule is OCc1cc(OC2CCOC3(CCCCC3)C2)ccc1Br. The van der Waals surface area contributed by atoms with Gasteiger partial charge in [-0.1, -0.05) is 35.2 Å². The molecule has 0 aromatic heterocycles. The Kier molecular flexibility index (Phi) is 4.87. The Morgan fingerprint density at radius 1 is 1.29 bits per heavy atom. The molecule has 1 N–H and O–H groups in total. The van der Waals surface area contributed by atoms with Gasteiger partial charge in [0, 0.05) is 17.3 Å². The van der Waals surface area contributed by atoms with E-state index in [4.69, 9.17) is 9.47 Å². The molecule has 116 valence electrons. The lowest BCUT2D eigenvalue weighted by Crippen LogP contribution is -2.45. The molecule has 21 heavy (non-hydrogen) atoms. The zero-order valence-corrected chi connectivity index (χ0v) is 13.9. The molecular weight excluding hydrogens is 332 g/mol. The highest BCUT2D eigenvalue weighted by Gasteiger charge is 2.39. The van der Waals surface area contributed by atoms with Crippen molar-refractivity contribution in [1.82, 2.24) is 0 Å². The number of hydrogen-bond acceptors (Lipinski definition) is 3. The molecule has 1 saturated heterocycles. The summed E-state index contributed by atoms with van der Waals surface area (Å²) in [6, 6.07) is 5.83. The Morgan fingerprint density at radius 2 is 2.10 bits per heavy atom. The van der Waals surface area contributed by atoms with E-state index in [1.54, 1.807) is 0 Å². The zero-order chi connectivity index (χ0) is 14.7. The van der Waals surface area contributed by atoms with Crippen molar-refractivity contribution in [3.8, 4) is 5.75 Å². The Balaban J connectivity index is 1.67. The van der Waals surface area contributed by atoms with Crippen molar-refractivity contribution in [2.24, 2.45) is 0 Å². The summed E-state index contributed by atoms with van der Waals surface area (Å²) in [6.45, 7) is 0.823. The first-order valence-electron chi connectivity index (χ1n) is 7.91. The number of rotatable bonds is 3. The second-order valence-corrected chi connectivity index (χ2v) is 7.09. The molecule has 4 heteroatoms. The minimum atomic E-state index is 0.0233. The van der Waals surface area contributed by atoms with Gasteiger partial charge < -0.3 is 14.6 Å². The lowest BCUT2D eigenvalue weighted by Gasteiger charge is -2.43. The highest BCUT2D eigenvalue weighted by Crippen LogP contribution is 2.39. The van der Waals surface area contributed by atoms with Crippen LogP contribution in [-0.4, -0.2) is 23.4 Å². The van der Waals surface area contributed by atoms with Crippen molar-refractivity contribution in [2.45, 2.75) is 63.3 Å². The zero-order valence-electron chi connectivity index (χ0n) is 12.3. The first-order chi connectivity index (χ1) is 10.2. The molecular formula is C17H23BrO3. The van der Waals surface area contributed by atoms with Crippen LogP contribution in [0.4, 0.5) is 0 Å². The summed E-state index contributed by atoms with van der Waals surface area (Å²) in [5.74, 6) is 0.847. The average Bonchev–Trinajstić information content (AvgIpc) is 2.50. The van der Waals surface area contributed by atoms with Gasteiger partial charge in [-0.05, 0) is 36.6 Å². The van der Waals surface area contributed by atoms with E-state index >= 15 is 0 Å². The largest absolute Gasteiger partial charge is 0.490 e. The normalized spacial score (nSPS) is 25.0. The van der Waals surface area contributed by atoms with Gasteiger partial charge in [-0.3, -0.25) is 0 Å². The average molecular weight is 355 g/mol. The summed E-state index contributed by atoms with van der Waals surface area (Å²) in [4.78, 5) is 0. The van der Waals surface area contributed by atoms with Crippen LogP contribution in [0.25, 0.3) is 0 Å². The number of halogens is 1. The predicted octanol–water partition coefficient (Wildman–Crippen LogP) is 4.20. The standard InChI is InChI=1S/C17H23BrO3/c18-16-5-4-14(10-13(16)12-19)21-15-6-9-20-17(11-15)7-2-1-3-8-17/h4-5,10,15,19H,1-3,6-9,11-12H2. The number of hydrogen-bond donors (Lipinski definition) is 1. The van der Waals surface area contributed by atoms with Crippen molar-refractivity contribution in [1.29, 1.82) is 0 Å². The molecule has 1 aromatic carbocycles. The smallest absolute Gasteiger partial charge is 0.120 e. The molecule has 0 amide bonds. The van der Waals surface area contributed by atoms with E-state index in [0.29, 0.717) is 0 Å². The summed E-state index contributed by atoms with van der Waals surface area (Å²) in [6.07, 6.45) is 8.42. The van der Waals surface area contributed by atoms with Crippen molar-refractivity contribution in [2.75, 3.05) is 6.61 Å². The van der Waals surface area contributed by atoms with Crippen molar-refractivity contribution in [3.05, 3.63) is 28.2 Å². The summed E-state index contributed by atoms with van der Waals surface area (Å²) < 4.78 is 13.2. The first-order valence-corrected chi connectivity index (χ1v) is 8.70. The van der Waals surface area contributed by atoms with Gasteiger partial charge in [-0.15, -0.1) is 0 Å². The van der Waals surface area contributed by atoms with Gasteiger partial charge in [0.15, 0.2) is 0 Å². The third-order valence-corrected chi connectivity index (χ3v) is 5.48. The molecule has 1 atom stereocenters. The number of benzene rings is 1. The van der Waals surface area contributed by atoms with Gasteiger partial charge in [0.05, 0.1) is 18.8 Å². The third kappa shape index (κ3) is 3.61. The van der Waals surface area contributed by atoms with Gasteiger partial charge in [-0.2, -0.15) is 0 Å². The second kappa shape index (κ2) is 6.67. The Labute approximate surface area is 134 Å². The van der Waals surface area contributed by atoms with Crippen LogP contribution in [0.2, 0.25) is 0 Å². The molecule has 0 radical (unpaired) electrons. The van der Waals surface area contributed by atoms with Crippen molar-refractivity contribution < 1.29 is 14.6 Å². The summed E-state index contributed by atoms with van der Waals surface area (Å²) in [5.41, 5.74) is 0.933. The van der Waals surface area contributed by atoms with Crippen LogP contribution < -0.4 is 4.74 Å². The molecule has 1 unspecified atom stereocenters. The molecule has 2 fully saturated rings. The Morgan fingerprint density at radius 3 is 2.86 bits per heavy atom. The lowest BCUT2D eigenvalue weighted by molar-refractivity contribution is -0.129. The van der Waals surface area contributed by atoms with Gasteiger partial charge in [0.25, 0.3) is 0 Å². The monoisotopic (exact) mass is 354 g/mol. The van der Waals surface area contributed by atoms with Crippen LogP contribution in [0.5, 0.6) is 5.75 Å². The van der Waals surface area contributed by atoms with Crippen LogP contribution in [0, 0.1) is 0 Å². The van der Waals surface area contributed by atoms with Crippen LogP contribution in [0.1, 0.15) is 50.5 Å². The number of aliphatic hydroxyl groups is 1. The molecule has 2 aliphatic rings. The molecule has 1 aromatic rings. The predicted molar refractivity (Wildman–Crippen MR) is 85.5 cm³/mol. The summed E-state index contributed by atoms with van der Waals surface area (Å²) in [5, 5.41) is 9.34. The molecule has 3 nitrogen and oxygen atoms in total. The highest BCUT2D eigenvalue weighted by molar-refractivity contribution is 9.10. The quantitative estimate of drug-likeness (QED) is 0.883. The molecule has 1 aliphatic heterocycles. The fourth-order valence-corrected chi connectivity index (χ4v) is 3.94. The van der Waals surface area contributed by atoms with Crippen molar-refractivity contribution in [3.63, 3.8) is 0 Å². The maximum Gasteiger partial charge on any atom is 0.120 e. The van der Waals surface area contributed by atoms with E-state index in [2.05, 4.69) is 15.9 Å². The Bertz CT molecular complexity index is 477. The molecule has 1 aliphatic carbocycles. The van der Waals surface area contributed by atoms with E-state index in [9.17, 15) is 5.11 Å². The molecule has 0 bridgehead atoms. The van der Waals surface area contributed by atoms with E-state index in [1.165, 1.54) is 32.1 Å². The number of ether oxygens (including phenoxy) is 2. The summed E-state index contributed by atoms with van der Waals surface area (Å²) in [7, 11) is 0. The van der Waals surface area contributed by atoms with E-state index < -0.39 is 0 Å². The molecule has 1 heterocycles. The minimum Gasteiger partial charge on any atom is -0.490 e. The van der Waals surface area contributed by atoms with Crippen LogP contribution in [-0.2, 0) is 11.3 Å². The lowest BCUT2D eigenvalue weighted by atomic mass is 9.79. The fourth-order valence-electron chi connectivity index (χ4n) is 3.57. The fraction of sp³-hybridized carbons (Fsp3) is 0.647. The van der Waals surface area contributed by atoms with Gasteiger partial charge in [0.2, 0.25) is 0 Å². The topological polar surface area (TPSA) is 38.7 Å². The molecule has 3 rings (SSSR count). The van der Waals surface area contributed by atoms with Gasteiger partial charge in [-0.25, -0.2) is 0 Å². The highest BCUT2D eigenvalue weighted by atomic mass is 79.9. The molecule has 1 saturated carbocycles. The van der Waals surface area contributed by atoms with Crippen LogP contribution >= 0.6 is 15.9 Å². The van der Waals surface area contributed by atoms with E-state index in [1.807, 2.05) is 18.2 Å². The number of aliphatic hydroxyl groups excluding tert-OH is 1. The van der Waals surface area contributed by atoms with E-state index in [-0.39, 0.29) is 18.3 Å². The van der Waals surface area contributed by atoms with Gasteiger partial charge >= 0.3 is 0 Å². The minimum absolute atomic E-state index is 0.0233.